The zero-order valence-electron chi connectivity index (χ0n) is 5.56. The molecule has 0 amide bonds. The van der Waals surface area contributed by atoms with Gasteiger partial charge in [-0.1, -0.05) is 18.2 Å². The summed E-state index contributed by atoms with van der Waals surface area (Å²) < 4.78 is 6.49. The first kappa shape index (κ1) is 7.87. The van der Waals surface area contributed by atoms with E-state index in [1.54, 1.807) is 30.3 Å². The minimum Gasteiger partial charge on any atom is -0.250 e. The van der Waals surface area contributed by atoms with Crippen LogP contribution >= 0.6 is 0 Å². The van der Waals surface area contributed by atoms with E-state index in [-0.39, 0.29) is 0 Å². The van der Waals surface area contributed by atoms with Crippen LogP contribution in [0.1, 0.15) is 0 Å². The summed E-state index contributed by atoms with van der Waals surface area (Å²) in [6.45, 7) is 0. The maximum absolute atomic E-state index is 10.1. The van der Waals surface area contributed by atoms with Gasteiger partial charge in [-0.2, -0.15) is 0 Å². The van der Waals surface area contributed by atoms with Crippen LogP contribution < -0.4 is 0 Å². The predicted octanol–water partition coefficient (Wildman–Crippen LogP) is 1.62. The molecule has 0 aromatic heterocycles. The lowest BCUT2D eigenvalue weighted by atomic mass is 10.4. The van der Waals surface area contributed by atoms with Crippen molar-refractivity contribution >= 4 is 10.9 Å². The summed E-state index contributed by atoms with van der Waals surface area (Å²) in [4.78, 5) is 10.6. The molecule has 0 heterocycles. The van der Waals surface area contributed by atoms with Gasteiger partial charge in [-0.15, -0.1) is 0 Å². The fourth-order valence-electron chi connectivity index (χ4n) is 0.635. The number of nitrogens with zero attached hydrogens (tertiary/aromatic N) is 1. The Labute approximate surface area is 66.0 Å². The standard InChI is InChI=1S/C6H6N2O2S/c7-11(8(9)10)6-4-2-1-3-5-6/h1-5,7H. The average molecular weight is 170 g/mol. The van der Waals surface area contributed by atoms with Crippen molar-refractivity contribution in [3.8, 4) is 0 Å². The van der Waals surface area contributed by atoms with Crippen molar-refractivity contribution in [3.05, 3.63) is 40.4 Å². The molecule has 0 fully saturated rings. The van der Waals surface area contributed by atoms with E-state index in [0.717, 1.165) is 0 Å². The summed E-state index contributed by atoms with van der Waals surface area (Å²) >= 11 is 0. The molecule has 1 unspecified atom stereocenters. The van der Waals surface area contributed by atoms with Gasteiger partial charge >= 0.3 is 0 Å². The van der Waals surface area contributed by atoms with Crippen LogP contribution in [0.25, 0.3) is 0 Å². The number of nitrogens with one attached hydrogen (secondary N) is 1. The number of hydrogen-bond acceptors (Lipinski definition) is 3. The third-order valence-electron chi connectivity index (χ3n) is 1.12. The Balaban J connectivity index is 2.95. The smallest absolute Gasteiger partial charge is 0.250 e. The third kappa shape index (κ3) is 1.84. The van der Waals surface area contributed by atoms with Gasteiger partial charge in [-0.05, 0) is 12.1 Å². The highest BCUT2D eigenvalue weighted by atomic mass is 32.2. The van der Waals surface area contributed by atoms with Crippen molar-refractivity contribution in [1.82, 2.24) is 0 Å². The third-order valence-corrected chi connectivity index (χ3v) is 2.13. The van der Waals surface area contributed by atoms with E-state index in [4.69, 9.17) is 4.78 Å². The van der Waals surface area contributed by atoms with Gasteiger partial charge in [0.15, 0.2) is 0 Å². The normalized spacial score (nSPS) is 12.4. The molecule has 4 nitrogen and oxygen atoms in total. The number of hydrogen-bond donors (Lipinski definition) is 1. The van der Waals surface area contributed by atoms with Gasteiger partial charge in [0.05, 0.1) is 4.90 Å². The second kappa shape index (κ2) is 3.25. The molecule has 0 aliphatic rings. The molecule has 58 valence electrons. The molecule has 0 bridgehead atoms. The minimum atomic E-state index is -1.61. The SMILES string of the molecule is N=S(c1ccccc1)[N+](=O)[O-]. The van der Waals surface area contributed by atoms with E-state index in [0.29, 0.717) is 4.90 Å². The molecule has 0 aliphatic heterocycles. The summed E-state index contributed by atoms with van der Waals surface area (Å²) in [6.07, 6.45) is 0. The van der Waals surface area contributed by atoms with E-state index < -0.39 is 15.2 Å². The van der Waals surface area contributed by atoms with Crippen molar-refractivity contribution in [2.45, 2.75) is 4.90 Å². The van der Waals surface area contributed by atoms with Gasteiger partial charge in [0, 0.05) is 0 Å². The molecule has 0 radical (unpaired) electrons. The summed E-state index contributed by atoms with van der Waals surface area (Å²) in [6, 6.07) is 8.30. The number of benzene rings is 1. The Morgan fingerprint density at radius 3 is 2.36 bits per heavy atom. The lowest BCUT2D eigenvalue weighted by Crippen LogP contribution is -2.01. The lowest BCUT2D eigenvalue weighted by Gasteiger charge is -1.92. The minimum absolute atomic E-state index is 0.442. The highest BCUT2D eigenvalue weighted by Crippen LogP contribution is 2.05. The molecule has 11 heavy (non-hydrogen) atoms. The van der Waals surface area contributed by atoms with Crippen molar-refractivity contribution in [1.29, 1.82) is 4.78 Å². The van der Waals surface area contributed by atoms with Crippen molar-refractivity contribution < 1.29 is 4.33 Å². The first-order valence-electron chi connectivity index (χ1n) is 2.87. The van der Waals surface area contributed by atoms with Crippen LogP contribution in [-0.4, -0.2) is 4.33 Å². The van der Waals surface area contributed by atoms with E-state index in [9.17, 15) is 10.1 Å². The summed E-state index contributed by atoms with van der Waals surface area (Å²) in [5.74, 6) is 0. The molecule has 1 atom stereocenters. The quantitative estimate of drug-likeness (QED) is 0.541. The zero-order chi connectivity index (χ0) is 8.27. The molecule has 0 saturated heterocycles. The lowest BCUT2D eigenvalue weighted by molar-refractivity contribution is -0.292. The van der Waals surface area contributed by atoms with Gasteiger partial charge in [0.25, 0.3) is 10.9 Å². The predicted molar refractivity (Wildman–Crippen MR) is 41.8 cm³/mol. The van der Waals surface area contributed by atoms with Gasteiger partial charge in [0.1, 0.15) is 4.33 Å². The van der Waals surface area contributed by atoms with Crippen LogP contribution in [0.15, 0.2) is 35.2 Å². The first-order chi connectivity index (χ1) is 5.22. The topological polar surface area (TPSA) is 67.0 Å². The van der Waals surface area contributed by atoms with Gasteiger partial charge in [0.2, 0.25) is 0 Å². The summed E-state index contributed by atoms with van der Waals surface area (Å²) in [5.41, 5.74) is 0. The monoisotopic (exact) mass is 170 g/mol. The Morgan fingerprint density at radius 1 is 1.36 bits per heavy atom. The Bertz CT molecular complexity index is 286. The number of rotatable bonds is 2. The summed E-state index contributed by atoms with van der Waals surface area (Å²) in [5, 5.41) is 10.1. The molecular formula is C6H6N2O2S. The number of nitro groups is 1. The van der Waals surface area contributed by atoms with E-state index in [2.05, 4.69) is 0 Å². The average Bonchev–Trinajstić information content (AvgIpc) is 2.05. The molecule has 0 saturated carbocycles. The van der Waals surface area contributed by atoms with Crippen LogP contribution in [0.5, 0.6) is 0 Å². The van der Waals surface area contributed by atoms with E-state index in [1.807, 2.05) is 0 Å². The molecule has 0 spiro atoms. The highest BCUT2D eigenvalue weighted by Gasteiger charge is 2.08. The van der Waals surface area contributed by atoms with Gasteiger partial charge in [-0.25, -0.2) is 14.9 Å². The fourth-order valence-corrected chi connectivity index (χ4v) is 1.22. The van der Waals surface area contributed by atoms with Crippen molar-refractivity contribution in [2.75, 3.05) is 0 Å². The second-order valence-electron chi connectivity index (χ2n) is 1.82. The second-order valence-corrected chi connectivity index (χ2v) is 3.16. The fraction of sp³-hybridized carbons (Fsp3) is 0. The van der Waals surface area contributed by atoms with Crippen LogP contribution in [0.3, 0.4) is 0 Å². The van der Waals surface area contributed by atoms with E-state index >= 15 is 0 Å². The van der Waals surface area contributed by atoms with Crippen molar-refractivity contribution in [3.63, 3.8) is 0 Å². The van der Waals surface area contributed by atoms with Gasteiger partial charge < -0.3 is 0 Å². The summed E-state index contributed by atoms with van der Waals surface area (Å²) in [7, 11) is -1.61. The molecule has 1 aromatic rings. The molecule has 0 aliphatic carbocycles. The van der Waals surface area contributed by atoms with Crippen LogP contribution in [0.2, 0.25) is 0 Å². The van der Waals surface area contributed by atoms with Crippen LogP contribution in [-0.2, 0) is 10.9 Å². The Kier molecular flexibility index (Phi) is 2.32. The van der Waals surface area contributed by atoms with Crippen LogP contribution in [0.4, 0.5) is 0 Å². The molecular weight excluding hydrogens is 164 g/mol. The molecule has 1 aromatic carbocycles. The van der Waals surface area contributed by atoms with Crippen molar-refractivity contribution in [2.24, 2.45) is 0 Å². The first-order valence-corrected chi connectivity index (χ1v) is 4.05. The Hall–Kier alpha value is -1.23. The molecule has 1 rings (SSSR count). The maximum Gasteiger partial charge on any atom is 0.258 e. The van der Waals surface area contributed by atoms with E-state index in [1.165, 1.54) is 0 Å². The highest BCUT2D eigenvalue weighted by molar-refractivity contribution is 7.80. The maximum atomic E-state index is 10.1. The molecule has 1 N–H and O–H groups in total. The van der Waals surface area contributed by atoms with Crippen LogP contribution in [0, 0.1) is 14.9 Å². The largest absolute Gasteiger partial charge is 0.258 e. The van der Waals surface area contributed by atoms with Gasteiger partial charge in [-0.3, -0.25) is 0 Å². The Morgan fingerprint density at radius 2 is 1.91 bits per heavy atom. The molecule has 5 heteroatoms. The zero-order valence-corrected chi connectivity index (χ0v) is 6.38.